The van der Waals surface area contributed by atoms with Crippen molar-refractivity contribution in [2.24, 2.45) is 0 Å². The number of aryl methyl sites for hydroxylation is 2. The van der Waals surface area contributed by atoms with E-state index in [4.69, 9.17) is 0 Å². The Kier molecular flexibility index (Phi) is 15.6. The molecule has 0 spiro atoms. The van der Waals surface area contributed by atoms with Crippen LogP contribution in [0.4, 0.5) is 0 Å². The van der Waals surface area contributed by atoms with Gasteiger partial charge in [-0.15, -0.1) is 0 Å². The van der Waals surface area contributed by atoms with Crippen LogP contribution in [0.1, 0.15) is 129 Å². The topological polar surface area (TPSA) is 8.81 Å². The van der Waals surface area contributed by atoms with Gasteiger partial charge in [0.25, 0.3) is 5.82 Å². The van der Waals surface area contributed by atoms with E-state index in [1.165, 1.54) is 122 Å². The Morgan fingerprint density at radius 1 is 0.630 bits per heavy atom. The maximum atomic E-state index is 2.56. The van der Waals surface area contributed by atoms with Crippen LogP contribution in [0.2, 0.25) is 0 Å². The van der Waals surface area contributed by atoms with Gasteiger partial charge in [-0.1, -0.05) is 91.4 Å². The molecule has 1 rings (SSSR count). The maximum absolute atomic E-state index is 2.56. The molecule has 0 unspecified atom stereocenters. The van der Waals surface area contributed by atoms with Gasteiger partial charge in [-0.2, -0.15) is 0 Å². The van der Waals surface area contributed by atoms with Crippen LogP contribution >= 0.6 is 0 Å². The summed E-state index contributed by atoms with van der Waals surface area (Å²) in [6, 6.07) is 0. The molecule has 0 aromatic carbocycles. The summed E-state index contributed by atoms with van der Waals surface area (Å²) >= 11 is 0. The van der Waals surface area contributed by atoms with Crippen LogP contribution in [0.25, 0.3) is 0 Å². The highest BCUT2D eigenvalue weighted by Gasteiger charge is 2.15. The Balaban J connectivity index is 2.32. The molecule has 158 valence electrons. The fourth-order valence-electron chi connectivity index (χ4n) is 4.01. The average molecular weight is 378 g/mol. The Hall–Kier alpha value is -0.790. The van der Waals surface area contributed by atoms with Crippen LogP contribution in [0, 0.1) is 0 Å². The fourth-order valence-corrected chi connectivity index (χ4v) is 4.01. The second-order valence-electron chi connectivity index (χ2n) is 8.45. The highest BCUT2D eigenvalue weighted by atomic mass is 15.1. The molecule has 0 N–H and O–H groups in total. The van der Waals surface area contributed by atoms with E-state index in [2.05, 4.69) is 42.3 Å². The van der Waals surface area contributed by atoms with Crippen molar-refractivity contribution in [2.45, 2.75) is 143 Å². The lowest BCUT2D eigenvalue weighted by atomic mass is 10.1. The van der Waals surface area contributed by atoms with Gasteiger partial charge in [0.1, 0.15) is 12.4 Å². The second-order valence-corrected chi connectivity index (χ2v) is 8.45. The predicted octanol–water partition coefficient (Wildman–Crippen LogP) is 7.62. The molecule has 0 aliphatic heterocycles. The zero-order valence-corrected chi connectivity index (χ0v) is 19.0. The molecule has 0 atom stereocenters. The molecule has 0 radical (unpaired) electrons. The molecule has 0 aliphatic rings. The number of imidazole rings is 1. The predicted molar refractivity (Wildman–Crippen MR) is 119 cm³/mol. The number of rotatable bonds is 19. The molecule has 1 heterocycles. The third kappa shape index (κ3) is 11.6. The van der Waals surface area contributed by atoms with Crippen LogP contribution in [0.3, 0.4) is 0 Å². The first-order valence-electron chi connectivity index (χ1n) is 12.4. The first-order valence-corrected chi connectivity index (χ1v) is 12.4. The third-order valence-electron chi connectivity index (χ3n) is 5.85. The number of aromatic nitrogens is 2. The quantitative estimate of drug-likeness (QED) is 0.173. The molecule has 27 heavy (non-hydrogen) atoms. The van der Waals surface area contributed by atoms with E-state index in [0.717, 1.165) is 0 Å². The highest BCUT2D eigenvalue weighted by molar-refractivity contribution is 4.84. The first-order chi connectivity index (χ1) is 13.3. The first kappa shape index (κ1) is 24.2. The largest absolute Gasteiger partial charge is 0.256 e. The van der Waals surface area contributed by atoms with Crippen molar-refractivity contribution in [3.8, 4) is 0 Å². The molecule has 0 amide bonds. The van der Waals surface area contributed by atoms with Crippen molar-refractivity contribution < 1.29 is 4.57 Å². The zero-order chi connectivity index (χ0) is 19.6. The summed E-state index contributed by atoms with van der Waals surface area (Å²) in [4.78, 5) is 0. The molecule has 0 fully saturated rings. The zero-order valence-electron chi connectivity index (χ0n) is 19.0. The summed E-state index contributed by atoms with van der Waals surface area (Å²) in [7, 11) is 0. The summed E-state index contributed by atoms with van der Waals surface area (Å²) in [6.45, 7) is 9.34. The lowest BCUT2D eigenvalue weighted by Gasteiger charge is -2.06. The van der Waals surface area contributed by atoms with E-state index >= 15 is 0 Å². The van der Waals surface area contributed by atoms with E-state index in [1.807, 2.05) is 0 Å². The van der Waals surface area contributed by atoms with Gasteiger partial charge in [-0.05, 0) is 32.1 Å². The van der Waals surface area contributed by atoms with Gasteiger partial charge in [0.05, 0.1) is 13.1 Å². The van der Waals surface area contributed by atoms with Gasteiger partial charge < -0.3 is 0 Å². The summed E-state index contributed by atoms with van der Waals surface area (Å²) in [5.74, 6) is 1.58. The van der Waals surface area contributed by atoms with E-state index in [0.29, 0.717) is 0 Å². The average Bonchev–Trinajstić information content (AvgIpc) is 3.06. The Morgan fingerprint density at radius 2 is 1.15 bits per heavy atom. The molecule has 0 aliphatic carbocycles. The van der Waals surface area contributed by atoms with Crippen molar-refractivity contribution in [1.29, 1.82) is 0 Å². The van der Waals surface area contributed by atoms with E-state index in [-0.39, 0.29) is 0 Å². The lowest BCUT2D eigenvalue weighted by Crippen LogP contribution is -2.37. The minimum atomic E-state index is 1.22. The highest BCUT2D eigenvalue weighted by Crippen LogP contribution is 2.11. The van der Waals surface area contributed by atoms with Gasteiger partial charge in [-0.25, -0.2) is 9.13 Å². The molecule has 0 saturated carbocycles. The Bertz CT molecular complexity index is 436. The molecule has 0 bridgehead atoms. The van der Waals surface area contributed by atoms with E-state index in [9.17, 15) is 0 Å². The molecule has 1 aromatic rings. The minimum absolute atomic E-state index is 1.22. The minimum Gasteiger partial charge on any atom is -0.234 e. The summed E-state index contributed by atoms with van der Waals surface area (Å²) in [5, 5.41) is 0. The van der Waals surface area contributed by atoms with Crippen molar-refractivity contribution in [1.82, 2.24) is 4.57 Å². The van der Waals surface area contributed by atoms with Crippen LogP contribution < -0.4 is 4.57 Å². The molecule has 2 nitrogen and oxygen atoms in total. The normalized spacial score (nSPS) is 11.4. The summed E-state index contributed by atoms with van der Waals surface area (Å²) < 4.78 is 5.12. The number of nitrogens with zero attached hydrogens (tertiary/aromatic N) is 2. The smallest absolute Gasteiger partial charge is 0.234 e. The van der Waals surface area contributed by atoms with Gasteiger partial charge in [0.2, 0.25) is 0 Å². The fraction of sp³-hybridized carbons (Fsp3) is 0.880. The maximum Gasteiger partial charge on any atom is 0.256 e. The van der Waals surface area contributed by atoms with E-state index < -0.39 is 0 Å². The van der Waals surface area contributed by atoms with E-state index in [1.54, 1.807) is 5.82 Å². The van der Waals surface area contributed by atoms with Crippen LogP contribution in [0.15, 0.2) is 12.4 Å². The molecular weight excluding hydrogens is 328 g/mol. The third-order valence-corrected chi connectivity index (χ3v) is 5.85. The van der Waals surface area contributed by atoms with Crippen LogP contribution in [0.5, 0.6) is 0 Å². The summed E-state index contributed by atoms with van der Waals surface area (Å²) in [5.41, 5.74) is 0. The van der Waals surface area contributed by atoms with Gasteiger partial charge in [0.15, 0.2) is 0 Å². The Labute approximate surface area is 170 Å². The molecular formula is C25H49N2+. The van der Waals surface area contributed by atoms with Crippen molar-refractivity contribution in [3.63, 3.8) is 0 Å². The van der Waals surface area contributed by atoms with Gasteiger partial charge >= 0.3 is 0 Å². The molecule has 0 saturated heterocycles. The number of unbranched alkanes of at least 4 members (excludes halogenated alkanes) is 13. The van der Waals surface area contributed by atoms with Crippen molar-refractivity contribution >= 4 is 0 Å². The Morgan fingerprint density at radius 3 is 1.74 bits per heavy atom. The van der Waals surface area contributed by atoms with Crippen LogP contribution in [-0.2, 0) is 19.5 Å². The van der Waals surface area contributed by atoms with Gasteiger partial charge in [-0.3, -0.25) is 0 Å². The van der Waals surface area contributed by atoms with Crippen molar-refractivity contribution in [2.75, 3.05) is 0 Å². The van der Waals surface area contributed by atoms with Gasteiger partial charge in [0, 0.05) is 6.42 Å². The van der Waals surface area contributed by atoms with Crippen molar-refractivity contribution in [3.05, 3.63) is 18.2 Å². The number of hydrogen-bond donors (Lipinski definition) is 0. The second kappa shape index (κ2) is 17.3. The molecule has 2 heteroatoms. The number of hydrogen-bond acceptors (Lipinski definition) is 0. The lowest BCUT2D eigenvalue weighted by molar-refractivity contribution is -0.704. The standard InChI is InChI=1S/C25H49N2/c1-4-7-10-12-14-15-17-19-22-27-24-23-26(25(27)20-9-6-3)21-18-16-13-11-8-5-2/h23-24H,4-22H2,1-3H3/q+1. The van der Waals surface area contributed by atoms with Crippen LogP contribution in [-0.4, -0.2) is 4.57 Å². The summed E-state index contributed by atoms with van der Waals surface area (Å²) in [6.07, 6.45) is 28.1. The molecule has 1 aromatic heterocycles. The SMILES string of the molecule is CCCCCCCCCC[n+]1ccn(CCCCCCCC)c1CCCC. The monoisotopic (exact) mass is 377 g/mol.